The van der Waals surface area contributed by atoms with Gasteiger partial charge in [-0.25, -0.2) is 4.98 Å². The minimum atomic E-state index is -0.0732. The summed E-state index contributed by atoms with van der Waals surface area (Å²) in [5.41, 5.74) is 3.33. The monoisotopic (exact) mass is 303 g/mol. The first-order chi connectivity index (χ1) is 10.1. The van der Waals surface area contributed by atoms with Gasteiger partial charge in [-0.05, 0) is 25.8 Å². The van der Waals surface area contributed by atoms with Crippen molar-refractivity contribution in [2.45, 2.75) is 26.7 Å². The highest BCUT2D eigenvalue weighted by molar-refractivity contribution is 7.14. The van der Waals surface area contributed by atoms with Gasteiger partial charge in [-0.15, -0.1) is 11.3 Å². The zero-order valence-corrected chi connectivity index (χ0v) is 12.8. The number of hydrogen-bond donors (Lipinski definition) is 2. The van der Waals surface area contributed by atoms with E-state index < -0.39 is 0 Å². The molecule has 0 aliphatic carbocycles. The summed E-state index contributed by atoms with van der Waals surface area (Å²) in [5.74, 6) is -0.0732. The molecule has 1 amide bonds. The molecule has 0 radical (unpaired) electrons. The second-order valence-corrected chi connectivity index (χ2v) is 5.62. The molecule has 0 bridgehead atoms. The maximum absolute atomic E-state index is 11.9. The van der Waals surface area contributed by atoms with Crippen molar-refractivity contribution in [2.24, 2.45) is 5.16 Å². The second-order valence-electron chi connectivity index (χ2n) is 4.76. The Morgan fingerprint density at radius 3 is 3.00 bits per heavy atom. The Bertz CT molecular complexity index is 664. The molecule has 0 spiro atoms. The molecule has 0 fully saturated rings. The van der Waals surface area contributed by atoms with Crippen LogP contribution in [0.3, 0.4) is 0 Å². The lowest BCUT2D eigenvalue weighted by atomic mass is 10.1. The zero-order chi connectivity index (χ0) is 15.2. The van der Waals surface area contributed by atoms with E-state index in [1.807, 2.05) is 25.1 Å². The van der Waals surface area contributed by atoms with Gasteiger partial charge in [0.05, 0.1) is 0 Å². The van der Waals surface area contributed by atoms with Gasteiger partial charge in [0.25, 0.3) is 0 Å². The Hall–Kier alpha value is -2.21. The van der Waals surface area contributed by atoms with E-state index in [4.69, 9.17) is 5.21 Å². The number of nitrogens with one attached hydrogen (secondary N) is 1. The van der Waals surface area contributed by atoms with Gasteiger partial charge in [-0.1, -0.05) is 35.0 Å². The van der Waals surface area contributed by atoms with Crippen LogP contribution in [0.4, 0.5) is 5.13 Å². The van der Waals surface area contributed by atoms with Crippen molar-refractivity contribution in [3.63, 3.8) is 0 Å². The number of rotatable bonds is 5. The SMILES string of the molecule is CC(=NO)c1csc(NC(=O)CCc2cccc(C)c2)n1. The van der Waals surface area contributed by atoms with Gasteiger partial charge >= 0.3 is 0 Å². The van der Waals surface area contributed by atoms with Gasteiger partial charge in [0.2, 0.25) is 5.91 Å². The predicted octanol–water partition coefficient (Wildman–Crippen LogP) is 3.22. The molecule has 1 heterocycles. The molecule has 2 rings (SSSR count). The average Bonchev–Trinajstić information content (AvgIpc) is 2.93. The molecule has 0 atom stereocenters. The Balaban J connectivity index is 1.88. The van der Waals surface area contributed by atoms with Gasteiger partial charge in [0.15, 0.2) is 5.13 Å². The van der Waals surface area contributed by atoms with Gasteiger partial charge in [-0.3, -0.25) is 4.79 Å². The van der Waals surface area contributed by atoms with Crippen LogP contribution in [0, 0.1) is 6.92 Å². The molecule has 1 aromatic carbocycles. The van der Waals surface area contributed by atoms with E-state index >= 15 is 0 Å². The molecule has 21 heavy (non-hydrogen) atoms. The minimum absolute atomic E-state index is 0.0732. The first-order valence-corrected chi connectivity index (χ1v) is 7.46. The van der Waals surface area contributed by atoms with Crippen LogP contribution in [0.15, 0.2) is 34.8 Å². The van der Waals surface area contributed by atoms with Gasteiger partial charge in [0, 0.05) is 11.8 Å². The van der Waals surface area contributed by atoms with E-state index in [1.165, 1.54) is 16.9 Å². The molecule has 0 saturated carbocycles. The summed E-state index contributed by atoms with van der Waals surface area (Å²) in [5, 5.41) is 16.8. The summed E-state index contributed by atoms with van der Waals surface area (Å²) < 4.78 is 0. The summed E-state index contributed by atoms with van der Waals surface area (Å²) in [6.07, 6.45) is 1.11. The van der Waals surface area contributed by atoms with Crippen molar-refractivity contribution in [1.82, 2.24) is 4.98 Å². The number of carbonyl (C=O) groups excluding carboxylic acids is 1. The predicted molar refractivity (Wildman–Crippen MR) is 84.2 cm³/mol. The fourth-order valence-corrected chi connectivity index (χ4v) is 2.63. The van der Waals surface area contributed by atoms with Crippen molar-refractivity contribution in [1.29, 1.82) is 0 Å². The van der Waals surface area contributed by atoms with Crippen molar-refractivity contribution >= 4 is 28.1 Å². The number of aromatic nitrogens is 1. The standard InChI is InChI=1S/C15H17N3O2S/c1-10-4-3-5-12(8-10)6-7-14(19)17-15-16-13(9-21-15)11(2)18-20/h3-5,8-9,20H,6-7H2,1-2H3,(H,16,17,19). The molecule has 1 aromatic heterocycles. The average molecular weight is 303 g/mol. The summed E-state index contributed by atoms with van der Waals surface area (Å²) in [7, 11) is 0. The molecule has 110 valence electrons. The lowest BCUT2D eigenvalue weighted by molar-refractivity contribution is -0.116. The smallest absolute Gasteiger partial charge is 0.226 e. The third-order valence-electron chi connectivity index (χ3n) is 2.99. The summed E-state index contributed by atoms with van der Waals surface area (Å²) in [4.78, 5) is 16.1. The van der Waals surface area contributed by atoms with Crippen LogP contribution in [-0.4, -0.2) is 21.8 Å². The van der Waals surface area contributed by atoms with Crippen LogP contribution in [-0.2, 0) is 11.2 Å². The largest absolute Gasteiger partial charge is 0.411 e. The summed E-state index contributed by atoms with van der Waals surface area (Å²) in [6.45, 7) is 3.68. The Labute approximate surface area is 127 Å². The lowest BCUT2D eigenvalue weighted by Crippen LogP contribution is -2.12. The highest BCUT2D eigenvalue weighted by atomic mass is 32.1. The number of hydrogen-bond acceptors (Lipinski definition) is 5. The maximum atomic E-state index is 11.9. The highest BCUT2D eigenvalue weighted by Crippen LogP contribution is 2.16. The number of carbonyl (C=O) groups is 1. The number of benzene rings is 1. The van der Waals surface area contributed by atoms with Crippen molar-refractivity contribution < 1.29 is 10.0 Å². The normalized spacial score (nSPS) is 11.4. The van der Waals surface area contributed by atoms with Crippen LogP contribution >= 0.6 is 11.3 Å². The van der Waals surface area contributed by atoms with E-state index in [2.05, 4.69) is 21.5 Å². The number of nitrogens with zero attached hydrogens (tertiary/aromatic N) is 2. The van der Waals surface area contributed by atoms with Crippen LogP contribution < -0.4 is 5.32 Å². The van der Waals surface area contributed by atoms with Crippen LogP contribution in [0.25, 0.3) is 0 Å². The Morgan fingerprint density at radius 1 is 1.48 bits per heavy atom. The summed E-state index contributed by atoms with van der Waals surface area (Å²) >= 11 is 1.31. The van der Waals surface area contributed by atoms with Gasteiger partial charge in [0.1, 0.15) is 11.4 Å². The van der Waals surface area contributed by atoms with E-state index in [-0.39, 0.29) is 5.91 Å². The van der Waals surface area contributed by atoms with Gasteiger partial charge in [-0.2, -0.15) is 0 Å². The molecular formula is C15H17N3O2S. The molecule has 2 N–H and O–H groups in total. The quantitative estimate of drug-likeness (QED) is 0.506. The molecule has 2 aromatic rings. The van der Waals surface area contributed by atoms with Crippen LogP contribution in [0.1, 0.15) is 30.2 Å². The molecule has 0 saturated heterocycles. The molecule has 0 aliphatic rings. The Kier molecular flexibility index (Phi) is 5.05. The first kappa shape index (κ1) is 15.2. The maximum Gasteiger partial charge on any atom is 0.226 e. The molecule has 0 aliphatic heterocycles. The van der Waals surface area contributed by atoms with Gasteiger partial charge < -0.3 is 10.5 Å². The topological polar surface area (TPSA) is 74.6 Å². The van der Waals surface area contributed by atoms with E-state index in [1.54, 1.807) is 12.3 Å². The Morgan fingerprint density at radius 2 is 2.29 bits per heavy atom. The van der Waals surface area contributed by atoms with Crippen molar-refractivity contribution in [3.8, 4) is 0 Å². The van der Waals surface area contributed by atoms with E-state index in [9.17, 15) is 4.79 Å². The van der Waals surface area contributed by atoms with Crippen molar-refractivity contribution in [2.75, 3.05) is 5.32 Å². The lowest BCUT2D eigenvalue weighted by Gasteiger charge is -2.03. The first-order valence-electron chi connectivity index (χ1n) is 6.58. The molecule has 0 unspecified atom stereocenters. The fraction of sp³-hybridized carbons (Fsp3) is 0.267. The van der Waals surface area contributed by atoms with E-state index in [0.717, 1.165) is 5.56 Å². The summed E-state index contributed by atoms with van der Waals surface area (Å²) in [6, 6.07) is 8.12. The molecule has 5 nitrogen and oxygen atoms in total. The fourth-order valence-electron chi connectivity index (χ4n) is 1.86. The van der Waals surface area contributed by atoms with Crippen molar-refractivity contribution in [3.05, 3.63) is 46.5 Å². The number of oxime groups is 1. The molecule has 6 heteroatoms. The third kappa shape index (κ3) is 4.39. The van der Waals surface area contributed by atoms with Crippen LogP contribution in [0.5, 0.6) is 0 Å². The zero-order valence-electron chi connectivity index (χ0n) is 12.0. The van der Waals surface area contributed by atoms with E-state index in [0.29, 0.717) is 29.4 Å². The number of thiazole rings is 1. The minimum Gasteiger partial charge on any atom is -0.411 e. The number of amides is 1. The molecular weight excluding hydrogens is 286 g/mol. The number of anilines is 1. The highest BCUT2D eigenvalue weighted by Gasteiger charge is 2.09. The number of aryl methyl sites for hydroxylation is 2. The second kappa shape index (κ2) is 6.99. The third-order valence-corrected chi connectivity index (χ3v) is 3.75. The van der Waals surface area contributed by atoms with Crippen LogP contribution in [0.2, 0.25) is 0 Å².